The average Bonchev–Trinajstić information content (AvgIpc) is 2.85. The van der Waals surface area contributed by atoms with Crippen molar-refractivity contribution in [3.05, 3.63) is 65.1 Å². The first-order chi connectivity index (χ1) is 16.2. The van der Waals surface area contributed by atoms with Gasteiger partial charge in [0.15, 0.2) is 17.8 Å². The monoisotopic (exact) mass is 526 g/mol. The standard InChI is InChI=1S/C30H43N2O.BrH/c1-3-5-7-9-11-15-21-31-22-17-18-26(25-31)29-24-30(33)27-19-13-14-20-28(27)32(29)23-16-12-10-8-6-4-2;/h13-14,17-20,22,24-25H,3-12,15-16,21,23H2,1-2H3;1H/q+1;/p-1. The Kier molecular flexibility index (Phi) is 13.2. The fraction of sp³-hybridized carbons (Fsp3) is 0.533. The molecule has 4 heteroatoms. The molecule has 0 atom stereocenters. The summed E-state index contributed by atoms with van der Waals surface area (Å²) in [4.78, 5) is 12.9. The van der Waals surface area contributed by atoms with E-state index in [1.54, 1.807) is 0 Å². The maximum Gasteiger partial charge on any atom is 0.190 e. The molecule has 1 aromatic carbocycles. The summed E-state index contributed by atoms with van der Waals surface area (Å²) < 4.78 is 4.67. The second-order valence-corrected chi connectivity index (χ2v) is 9.43. The van der Waals surface area contributed by atoms with Gasteiger partial charge in [0.05, 0.1) is 16.8 Å². The van der Waals surface area contributed by atoms with Gasteiger partial charge in [-0.05, 0) is 31.0 Å². The smallest absolute Gasteiger partial charge is 0.190 e. The fourth-order valence-corrected chi connectivity index (χ4v) is 4.74. The molecule has 0 aliphatic rings. The summed E-state index contributed by atoms with van der Waals surface area (Å²) >= 11 is 0. The van der Waals surface area contributed by atoms with Crippen LogP contribution in [0.25, 0.3) is 22.2 Å². The van der Waals surface area contributed by atoms with Gasteiger partial charge in [-0.3, -0.25) is 4.79 Å². The highest BCUT2D eigenvalue weighted by Gasteiger charge is 2.13. The second kappa shape index (κ2) is 15.9. The van der Waals surface area contributed by atoms with Crippen LogP contribution in [0.2, 0.25) is 0 Å². The number of fused-ring (bicyclic) bond motifs is 1. The van der Waals surface area contributed by atoms with Crippen LogP contribution in [0.4, 0.5) is 0 Å². The average molecular weight is 528 g/mol. The molecule has 2 aromatic heterocycles. The third-order valence-corrected chi connectivity index (χ3v) is 6.68. The third-order valence-electron chi connectivity index (χ3n) is 6.68. The summed E-state index contributed by atoms with van der Waals surface area (Å²) in [7, 11) is 0. The zero-order chi connectivity index (χ0) is 23.3. The number of para-hydroxylation sites is 1. The van der Waals surface area contributed by atoms with Crippen LogP contribution in [0, 0.1) is 0 Å². The lowest BCUT2D eigenvalue weighted by atomic mass is 10.1. The Bertz CT molecular complexity index is 1040. The van der Waals surface area contributed by atoms with E-state index < -0.39 is 0 Å². The summed E-state index contributed by atoms with van der Waals surface area (Å²) in [5.41, 5.74) is 3.35. The Morgan fingerprint density at radius 2 is 1.41 bits per heavy atom. The van der Waals surface area contributed by atoms with Crippen LogP contribution in [0.15, 0.2) is 59.7 Å². The van der Waals surface area contributed by atoms with Crippen molar-refractivity contribution in [1.82, 2.24) is 4.57 Å². The highest BCUT2D eigenvalue weighted by molar-refractivity contribution is 5.82. The van der Waals surface area contributed by atoms with E-state index in [4.69, 9.17) is 0 Å². The van der Waals surface area contributed by atoms with Crippen LogP contribution in [-0.2, 0) is 13.1 Å². The Morgan fingerprint density at radius 1 is 0.765 bits per heavy atom. The fourth-order valence-electron chi connectivity index (χ4n) is 4.74. The maximum atomic E-state index is 12.9. The van der Waals surface area contributed by atoms with E-state index in [-0.39, 0.29) is 22.4 Å². The Hall–Kier alpha value is -1.94. The van der Waals surface area contributed by atoms with Gasteiger partial charge < -0.3 is 21.5 Å². The first-order valence-electron chi connectivity index (χ1n) is 13.4. The quantitative estimate of drug-likeness (QED) is 0.208. The van der Waals surface area contributed by atoms with Crippen molar-refractivity contribution in [1.29, 1.82) is 0 Å². The molecule has 0 unspecified atom stereocenters. The predicted molar refractivity (Wildman–Crippen MR) is 141 cm³/mol. The minimum atomic E-state index is 0. The van der Waals surface area contributed by atoms with E-state index in [2.05, 4.69) is 53.6 Å². The Morgan fingerprint density at radius 3 is 2.15 bits per heavy atom. The summed E-state index contributed by atoms with van der Waals surface area (Å²) in [5.74, 6) is 0. The van der Waals surface area contributed by atoms with Crippen LogP contribution in [0.5, 0.6) is 0 Å². The van der Waals surface area contributed by atoms with E-state index in [1.165, 1.54) is 70.6 Å². The van der Waals surface area contributed by atoms with Crippen LogP contribution in [-0.4, -0.2) is 4.57 Å². The minimum Gasteiger partial charge on any atom is -1.00 e. The largest absolute Gasteiger partial charge is 1.00 e. The molecular weight excluding hydrogens is 484 g/mol. The van der Waals surface area contributed by atoms with Crippen molar-refractivity contribution in [2.24, 2.45) is 0 Å². The molecule has 0 aliphatic heterocycles. The molecule has 186 valence electrons. The molecule has 0 radical (unpaired) electrons. The van der Waals surface area contributed by atoms with E-state index in [9.17, 15) is 4.79 Å². The molecule has 2 heterocycles. The van der Waals surface area contributed by atoms with E-state index >= 15 is 0 Å². The van der Waals surface area contributed by atoms with Crippen molar-refractivity contribution in [2.75, 3.05) is 0 Å². The van der Waals surface area contributed by atoms with Gasteiger partial charge in [0.25, 0.3) is 0 Å². The number of nitrogens with zero attached hydrogens (tertiary/aromatic N) is 2. The first-order valence-corrected chi connectivity index (χ1v) is 13.4. The lowest BCUT2D eigenvalue weighted by Gasteiger charge is -2.17. The molecule has 3 rings (SSSR count). The number of aromatic nitrogens is 2. The van der Waals surface area contributed by atoms with Crippen molar-refractivity contribution in [2.45, 2.75) is 104 Å². The lowest BCUT2D eigenvalue weighted by molar-refractivity contribution is -0.696. The summed E-state index contributed by atoms with van der Waals surface area (Å²) in [6.45, 7) is 6.52. The first kappa shape index (κ1) is 28.3. The van der Waals surface area contributed by atoms with Gasteiger partial charge in [-0.2, -0.15) is 0 Å². The molecule has 0 bridgehead atoms. The Labute approximate surface area is 217 Å². The topological polar surface area (TPSA) is 25.9 Å². The molecule has 0 amide bonds. The van der Waals surface area contributed by atoms with Gasteiger partial charge in [-0.15, -0.1) is 0 Å². The summed E-state index contributed by atoms with van der Waals surface area (Å²) in [5, 5.41) is 0.822. The maximum absolute atomic E-state index is 12.9. The zero-order valence-corrected chi connectivity index (χ0v) is 22.9. The van der Waals surface area contributed by atoms with E-state index in [0.717, 1.165) is 41.7 Å². The molecule has 0 fully saturated rings. The number of hydrogen-bond acceptors (Lipinski definition) is 1. The normalized spacial score (nSPS) is 11.0. The zero-order valence-electron chi connectivity index (χ0n) is 21.3. The van der Waals surface area contributed by atoms with Crippen LogP contribution < -0.4 is 27.0 Å². The number of pyridine rings is 2. The SMILES string of the molecule is CCCCCCCCn1c(-c2ccc[n+](CCCCCCCC)c2)cc(=O)c2ccccc21.[Br-]. The lowest BCUT2D eigenvalue weighted by Crippen LogP contribution is -3.00. The van der Waals surface area contributed by atoms with E-state index in [0.29, 0.717) is 0 Å². The van der Waals surface area contributed by atoms with Gasteiger partial charge in [-0.1, -0.05) is 83.8 Å². The highest BCUT2D eigenvalue weighted by Crippen LogP contribution is 2.23. The van der Waals surface area contributed by atoms with Crippen molar-refractivity contribution in [3.8, 4) is 11.3 Å². The third kappa shape index (κ3) is 8.37. The van der Waals surface area contributed by atoms with Gasteiger partial charge >= 0.3 is 0 Å². The van der Waals surface area contributed by atoms with Gasteiger partial charge in [0.2, 0.25) is 0 Å². The molecule has 34 heavy (non-hydrogen) atoms. The predicted octanol–water partition coefficient (Wildman–Crippen LogP) is 4.68. The van der Waals surface area contributed by atoms with Crippen LogP contribution in [0.3, 0.4) is 0 Å². The number of hydrogen-bond donors (Lipinski definition) is 0. The molecule has 0 saturated heterocycles. The number of benzene rings is 1. The minimum absolute atomic E-state index is 0. The molecule has 0 saturated carbocycles. The number of unbranched alkanes of at least 4 members (excludes halogenated alkanes) is 10. The highest BCUT2D eigenvalue weighted by atomic mass is 79.9. The number of halogens is 1. The molecule has 0 spiro atoms. The molecule has 0 N–H and O–H groups in total. The second-order valence-electron chi connectivity index (χ2n) is 9.43. The molecule has 3 nitrogen and oxygen atoms in total. The van der Waals surface area contributed by atoms with E-state index in [1.807, 2.05) is 24.3 Å². The van der Waals surface area contributed by atoms with Gasteiger partial charge in [0.1, 0.15) is 6.54 Å². The molecule has 0 aliphatic carbocycles. The molecular formula is C30H43BrN2O. The van der Waals surface area contributed by atoms with Crippen LogP contribution in [0.1, 0.15) is 90.9 Å². The number of aryl methyl sites for hydroxylation is 2. The number of rotatable bonds is 15. The van der Waals surface area contributed by atoms with Gasteiger partial charge in [0, 0.05) is 30.5 Å². The van der Waals surface area contributed by atoms with Gasteiger partial charge in [-0.25, -0.2) is 4.57 Å². The Balaban J connectivity index is 0.00000408. The summed E-state index contributed by atoms with van der Waals surface area (Å²) in [6.07, 6.45) is 19.8. The molecule has 3 aromatic rings. The van der Waals surface area contributed by atoms with Crippen molar-refractivity contribution in [3.63, 3.8) is 0 Å². The van der Waals surface area contributed by atoms with Crippen molar-refractivity contribution < 1.29 is 21.5 Å². The summed E-state index contributed by atoms with van der Waals surface area (Å²) in [6, 6.07) is 14.2. The van der Waals surface area contributed by atoms with Crippen molar-refractivity contribution >= 4 is 10.9 Å². The van der Waals surface area contributed by atoms with Crippen LogP contribution >= 0.6 is 0 Å².